The highest BCUT2D eigenvalue weighted by Gasteiger charge is 2.42. The maximum Gasteiger partial charge on any atom is 0.411 e. The Morgan fingerprint density at radius 3 is 2.15 bits per heavy atom. The lowest BCUT2D eigenvalue weighted by molar-refractivity contribution is -0.142. The van der Waals surface area contributed by atoms with Gasteiger partial charge in [0.1, 0.15) is 18.2 Å². The first kappa shape index (κ1) is 22.6. The van der Waals surface area contributed by atoms with E-state index < -0.39 is 35.8 Å². The number of nitrogens with zero attached hydrogens (tertiary/aromatic N) is 1. The summed E-state index contributed by atoms with van der Waals surface area (Å²) in [6.07, 6.45) is -1.28. The van der Waals surface area contributed by atoms with E-state index in [2.05, 4.69) is 17.4 Å². The second kappa shape index (κ2) is 8.77. The second-order valence-electron chi connectivity index (χ2n) is 9.39. The van der Waals surface area contributed by atoms with E-state index >= 15 is 0 Å². The highest BCUT2D eigenvalue weighted by molar-refractivity contribution is 5.82. The summed E-state index contributed by atoms with van der Waals surface area (Å²) >= 11 is 0. The molecule has 0 saturated carbocycles. The molecular weight excluding hydrogens is 424 g/mol. The van der Waals surface area contributed by atoms with E-state index in [1.54, 1.807) is 20.8 Å². The minimum Gasteiger partial charge on any atom is -0.480 e. The minimum absolute atomic E-state index is 0.0378. The fraction of sp³-hybridized carbons (Fsp3) is 0.400. The van der Waals surface area contributed by atoms with E-state index in [1.165, 1.54) is 0 Å². The number of amides is 2. The van der Waals surface area contributed by atoms with Gasteiger partial charge in [0.2, 0.25) is 0 Å². The van der Waals surface area contributed by atoms with Crippen molar-refractivity contribution in [1.29, 1.82) is 0 Å². The lowest BCUT2D eigenvalue weighted by Crippen LogP contribution is -2.44. The Labute approximate surface area is 192 Å². The van der Waals surface area contributed by atoms with Gasteiger partial charge in [-0.2, -0.15) is 0 Å². The first-order valence-corrected chi connectivity index (χ1v) is 11.0. The van der Waals surface area contributed by atoms with E-state index in [0.717, 1.165) is 27.2 Å². The molecule has 2 aromatic rings. The summed E-state index contributed by atoms with van der Waals surface area (Å²) in [4.78, 5) is 37.8. The lowest BCUT2D eigenvalue weighted by Gasteiger charge is -2.26. The number of carbonyl (C=O) groups excluding carboxylic acids is 2. The molecule has 1 fully saturated rings. The molecule has 2 amide bonds. The highest BCUT2D eigenvalue weighted by Crippen LogP contribution is 2.44. The van der Waals surface area contributed by atoms with Crippen LogP contribution in [0.2, 0.25) is 0 Å². The number of hydrogen-bond donors (Lipinski definition) is 2. The van der Waals surface area contributed by atoms with Crippen LogP contribution in [0.1, 0.15) is 44.2 Å². The first-order chi connectivity index (χ1) is 15.6. The Hall–Kier alpha value is -3.55. The summed E-state index contributed by atoms with van der Waals surface area (Å²) in [6.45, 7) is 5.33. The molecule has 0 unspecified atom stereocenters. The Balaban J connectivity index is 1.39. The van der Waals surface area contributed by atoms with Crippen molar-refractivity contribution < 1.29 is 29.0 Å². The predicted octanol–water partition coefficient (Wildman–Crippen LogP) is 3.99. The third kappa shape index (κ3) is 4.79. The SMILES string of the molecule is CC(C)(C)OC(=O)N1C[C@H](NC(=O)OCC2c3ccccc3-c3ccccc32)C[C@H]1C(=O)O. The minimum atomic E-state index is -1.14. The number of hydrogen-bond acceptors (Lipinski definition) is 5. The number of carboxylic acids is 1. The Bertz CT molecular complexity index is 1030. The summed E-state index contributed by atoms with van der Waals surface area (Å²) in [7, 11) is 0. The van der Waals surface area contributed by atoms with E-state index in [9.17, 15) is 19.5 Å². The van der Waals surface area contributed by atoms with Crippen molar-refractivity contribution in [3.8, 4) is 11.1 Å². The van der Waals surface area contributed by atoms with Crippen molar-refractivity contribution in [2.75, 3.05) is 13.2 Å². The molecule has 2 atom stereocenters. The molecule has 0 bridgehead atoms. The number of alkyl carbamates (subject to hydrolysis) is 1. The van der Waals surface area contributed by atoms with Crippen molar-refractivity contribution >= 4 is 18.2 Å². The normalized spacial score (nSPS) is 19.5. The molecule has 2 aliphatic rings. The molecule has 0 radical (unpaired) electrons. The van der Waals surface area contributed by atoms with Gasteiger partial charge in [0.05, 0.1) is 6.04 Å². The number of carbonyl (C=O) groups is 3. The number of rotatable bonds is 4. The van der Waals surface area contributed by atoms with Crippen molar-refractivity contribution in [2.24, 2.45) is 0 Å². The molecular formula is C25H28N2O6. The Morgan fingerprint density at radius 1 is 1.03 bits per heavy atom. The number of aliphatic carboxylic acids is 1. The van der Waals surface area contributed by atoms with Crippen LogP contribution >= 0.6 is 0 Å². The van der Waals surface area contributed by atoms with Crippen LogP contribution in [0.5, 0.6) is 0 Å². The molecule has 8 nitrogen and oxygen atoms in total. The van der Waals surface area contributed by atoms with Crippen molar-refractivity contribution in [3.05, 3.63) is 59.7 Å². The number of ether oxygens (including phenoxy) is 2. The van der Waals surface area contributed by atoms with Crippen molar-refractivity contribution in [3.63, 3.8) is 0 Å². The van der Waals surface area contributed by atoms with Gasteiger partial charge in [0.15, 0.2) is 0 Å². The zero-order chi connectivity index (χ0) is 23.8. The van der Waals surface area contributed by atoms with Crippen LogP contribution in [0.25, 0.3) is 11.1 Å². The molecule has 1 aliphatic heterocycles. The molecule has 0 spiro atoms. The summed E-state index contributed by atoms with van der Waals surface area (Å²) in [5, 5.41) is 12.2. The van der Waals surface area contributed by atoms with Crippen LogP contribution in [0.3, 0.4) is 0 Å². The van der Waals surface area contributed by atoms with E-state index in [1.807, 2.05) is 36.4 Å². The zero-order valence-electron chi connectivity index (χ0n) is 18.9. The maximum absolute atomic E-state index is 12.5. The topological polar surface area (TPSA) is 105 Å². The van der Waals surface area contributed by atoms with E-state index in [0.29, 0.717) is 0 Å². The van der Waals surface area contributed by atoms with Crippen LogP contribution in [0.15, 0.2) is 48.5 Å². The number of nitrogens with one attached hydrogen (secondary N) is 1. The van der Waals surface area contributed by atoms with Crippen LogP contribution < -0.4 is 5.32 Å². The standard InChI is InChI=1S/C25H28N2O6/c1-25(2,3)33-24(31)27-13-15(12-21(27)22(28)29)26-23(30)32-14-20-18-10-6-4-8-16(18)17-9-5-7-11-19(17)20/h4-11,15,20-21H,12-14H2,1-3H3,(H,26,30)(H,28,29)/t15-,21+/m1/s1. The third-order valence-corrected chi connectivity index (χ3v) is 5.88. The molecule has 4 rings (SSSR count). The van der Waals surface area contributed by atoms with Crippen molar-refractivity contribution in [1.82, 2.24) is 10.2 Å². The molecule has 174 valence electrons. The molecule has 0 aromatic heterocycles. The molecule has 1 heterocycles. The van der Waals surface area contributed by atoms with Gasteiger partial charge in [0, 0.05) is 18.9 Å². The van der Waals surface area contributed by atoms with Gasteiger partial charge in [0.25, 0.3) is 0 Å². The summed E-state index contributed by atoms with van der Waals surface area (Å²) in [5.41, 5.74) is 3.73. The lowest BCUT2D eigenvalue weighted by atomic mass is 9.98. The number of fused-ring (bicyclic) bond motifs is 3. The third-order valence-electron chi connectivity index (χ3n) is 5.88. The van der Waals surface area contributed by atoms with Gasteiger partial charge in [-0.1, -0.05) is 48.5 Å². The van der Waals surface area contributed by atoms with Gasteiger partial charge >= 0.3 is 18.2 Å². The highest BCUT2D eigenvalue weighted by atomic mass is 16.6. The van der Waals surface area contributed by atoms with Crippen molar-refractivity contribution in [2.45, 2.75) is 50.8 Å². The molecule has 8 heteroatoms. The predicted molar refractivity (Wildman–Crippen MR) is 121 cm³/mol. The zero-order valence-corrected chi connectivity index (χ0v) is 18.9. The smallest absolute Gasteiger partial charge is 0.411 e. The largest absolute Gasteiger partial charge is 0.480 e. The summed E-state index contributed by atoms with van der Waals surface area (Å²) in [5.74, 6) is -1.21. The Morgan fingerprint density at radius 2 is 1.61 bits per heavy atom. The number of benzene rings is 2. The molecule has 1 aliphatic carbocycles. The van der Waals surface area contributed by atoms with Gasteiger partial charge in [-0.15, -0.1) is 0 Å². The monoisotopic (exact) mass is 452 g/mol. The van der Waals surface area contributed by atoms with E-state index in [-0.39, 0.29) is 25.5 Å². The first-order valence-electron chi connectivity index (χ1n) is 11.0. The average Bonchev–Trinajstić information content (AvgIpc) is 3.31. The molecule has 2 aromatic carbocycles. The summed E-state index contributed by atoms with van der Waals surface area (Å²) < 4.78 is 10.9. The molecule has 33 heavy (non-hydrogen) atoms. The molecule has 2 N–H and O–H groups in total. The average molecular weight is 453 g/mol. The number of carboxylic acid groups (broad SMARTS) is 1. The fourth-order valence-electron chi connectivity index (χ4n) is 4.50. The Kier molecular flexibility index (Phi) is 6.01. The maximum atomic E-state index is 12.5. The summed E-state index contributed by atoms with van der Waals surface area (Å²) in [6, 6.07) is 14.5. The molecule has 1 saturated heterocycles. The van der Waals surface area contributed by atoms with Crippen LogP contribution in [-0.2, 0) is 14.3 Å². The quantitative estimate of drug-likeness (QED) is 0.727. The van der Waals surface area contributed by atoms with Crippen LogP contribution in [0, 0.1) is 0 Å². The van der Waals surface area contributed by atoms with Crippen LogP contribution in [-0.4, -0.2) is 59.0 Å². The van der Waals surface area contributed by atoms with Gasteiger partial charge in [-0.05, 0) is 43.0 Å². The second-order valence-corrected chi connectivity index (χ2v) is 9.39. The van der Waals surface area contributed by atoms with Gasteiger partial charge in [-0.3, -0.25) is 4.90 Å². The van der Waals surface area contributed by atoms with E-state index in [4.69, 9.17) is 9.47 Å². The van der Waals surface area contributed by atoms with Gasteiger partial charge in [-0.25, -0.2) is 14.4 Å². The van der Waals surface area contributed by atoms with Gasteiger partial charge < -0.3 is 19.9 Å². The number of likely N-dealkylation sites (tertiary alicyclic amines) is 1. The fourth-order valence-corrected chi connectivity index (χ4v) is 4.50. The van der Waals surface area contributed by atoms with Crippen LogP contribution in [0.4, 0.5) is 9.59 Å².